The number of likely N-dealkylation sites (N-methyl/N-ethyl adjacent to an activating group) is 1. The molecule has 0 aliphatic carbocycles. The molecule has 2 aromatic rings. The molecule has 3 rings (SSSR count). The van der Waals surface area contributed by atoms with E-state index in [1.54, 1.807) is 5.57 Å². The molecule has 102 valence electrons. The van der Waals surface area contributed by atoms with Crippen LogP contribution in [0.15, 0.2) is 72.3 Å². The van der Waals surface area contributed by atoms with Gasteiger partial charge in [0.05, 0.1) is 0 Å². The van der Waals surface area contributed by atoms with Crippen molar-refractivity contribution in [2.24, 2.45) is 0 Å². The second-order valence-corrected chi connectivity index (χ2v) is 5.55. The highest BCUT2D eigenvalue weighted by Gasteiger charge is 2.20. The summed E-state index contributed by atoms with van der Waals surface area (Å²) in [4.78, 5) is 2.37. The van der Waals surface area contributed by atoms with Crippen LogP contribution in [0.5, 0.6) is 0 Å². The third kappa shape index (κ3) is 2.83. The lowest BCUT2D eigenvalue weighted by Crippen LogP contribution is -2.26. The monoisotopic (exact) mass is 263 g/mol. The molecule has 1 heterocycles. The third-order valence-electron chi connectivity index (χ3n) is 4.08. The predicted octanol–water partition coefficient (Wildman–Crippen LogP) is 4.08. The molecule has 0 bridgehead atoms. The van der Waals surface area contributed by atoms with E-state index in [9.17, 15) is 0 Å². The topological polar surface area (TPSA) is 3.24 Å². The van der Waals surface area contributed by atoms with E-state index >= 15 is 0 Å². The highest BCUT2D eigenvalue weighted by atomic mass is 15.1. The van der Waals surface area contributed by atoms with Crippen molar-refractivity contribution in [1.82, 2.24) is 4.90 Å². The maximum atomic E-state index is 2.41. The number of hydrogen-bond acceptors (Lipinski definition) is 1. The number of nitrogens with zero attached hydrogens (tertiary/aromatic N) is 1. The Hall–Kier alpha value is -1.86. The fourth-order valence-corrected chi connectivity index (χ4v) is 2.96. The molecule has 1 nitrogen and oxygen atoms in total. The van der Waals surface area contributed by atoms with Crippen molar-refractivity contribution in [2.75, 3.05) is 20.1 Å². The Morgan fingerprint density at radius 2 is 1.40 bits per heavy atom. The summed E-state index contributed by atoms with van der Waals surface area (Å²) in [5.41, 5.74) is 4.35. The molecule has 1 aliphatic heterocycles. The van der Waals surface area contributed by atoms with Crippen LogP contribution in [0.2, 0.25) is 0 Å². The molecule has 0 saturated carbocycles. The normalized spacial score (nSPS) is 16.2. The van der Waals surface area contributed by atoms with Crippen molar-refractivity contribution in [3.05, 3.63) is 83.4 Å². The van der Waals surface area contributed by atoms with E-state index < -0.39 is 0 Å². The molecule has 0 amide bonds. The Bertz CT molecular complexity index is 532. The quantitative estimate of drug-likeness (QED) is 0.754. The fourth-order valence-electron chi connectivity index (χ4n) is 2.96. The first-order chi connectivity index (χ1) is 9.84. The molecule has 2 aromatic carbocycles. The number of rotatable bonds is 3. The first kappa shape index (κ1) is 13.1. The maximum Gasteiger partial charge on any atom is 0.0299 e. The molecule has 0 saturated heterocycles. The molecular formula is C19H21N. The van der Waals surface area contributed by atoms with Crippen molar-refractivity contribution in [1.29, 1.82) is 0 Å². The van der Waals surface area contributed by atoms with Crippen LogP contribution in [-0.4, -0.2) is 25.0 Å². The van der Waals surface area contributed by atoms with Gasteiger partial charge in [0, 0.05) is 19.0 Å². The van der Waals surface area contributed by atoms with Gasteiger partial charge in [-0.15, -0.1) is 0 Å². The summed E-state index contributed by atoms with van der Waals surface area (Å²) in [6, 6.07) is 21.7. The summed E-state index contributed by atoms with van der Waals surface area (Å²) in [5.74, 6) is 0.408. The minimum atomic E-state index is 0.408. The van der Waals surface area contributed by atoms with E-state index in [0.29, 0.717) is 5.92 Å². The van der Waals surface area contributed by atoms with Crippen LogP contribution in [0.4, 0.5) is 0 Å². The summed E-state index contributed by atoms with van der Waals surface area (Å²) in [7, 11) is 2.19. The average molecular weight is 263 g/mol. The molecule has 20 heavy (non-hydrogen) atoms. The van der Waals surface area contributed by atoms with E-state index in [4.69, 9.17) is 0 Å². The van der Waals surface area contributed by atoms with Gasteiger partial charge in [-0.2, -0.15) is 0 Å². The Balaban J connectivity index is 2.01. The molecule has 1 heteroatoms. The average Bonchev–Trinajstić information content (AvgIpc) is 2.52. The molecular weight excluding hydrogens is 242 g/mol. The summed E-state index contributed by atoms with van der Waals surface area (Å²) in [5, 5.41) is 0. The van der Waals surface area contributed by atoms with Gasteiger partial charge >= 0.3 is 0 Å². The van der Waals surface area contributed by atoms with Crippen molar-refractivity contribution < 1.29 is 0 Å². The molecule has 0 atom stereocenters. The molecule has 0 spiro atoms. The van der Waals surface area contributed by atoms with Gasteiger partial charge in [0.25, 0.3) is 0 Å². The van der Waals surface area contributed by atoms with Crippen molar-refractivity contribution in [3.63, 3.8) is 0 Å². The Kier molecular flexibility index (Phi) is 3.98. The third-order valence-corrected chi connectivity index (χ3v) is 4.08. The van der Waals surface area contributed by atoms with Gasteiger partial charge in [0.2, 0.25) is 0 Å². The zero-order chi connectivity index (χ0) is 13.8. The largest absolute Gasteiger partial charge is 0.302 e. The van der Waals surface area contributed by atoms with E-state index in [-0.39, 0.29) is 0 Å². The van der Waals surface area contributed by atoms with Crippen LogP contribution >= 0.6 is 0 Å². The van der Waals surface area contributed by atoms with Gasteiger partial charge < -0.3 is 4.90 Å². The van der Waals surface area contributed by atoms with Crippen LogP contribution in [-0.2, 0) is 0 Å². The highest BCUT2D eigenvalue weighted by molar-refractivity contribution is 5.41. The molecule has 1 aliphatic rings. The molecule has 0 aromatic heterocycles. The van der Waals surface area contributed by atoms with Gasteiger partial charge in [-0.25, -0.2) is 0 Å². The van der Waals surface area contributed by atoms with E-state index in [1.165, 1.54) is 11.1 Å². The van der Waals surface area contributed by atoms with Crippen LogP contribution in [0.1, 0.15) is 23.5 Å². The number of hydrogen-bond donors (Lipinski definition) is 0. The minimum absolute atomic E-state index is 0.408. The molecule has 0 N–H and O–H groups in total. The van der Waals surface area contributed by atoms with Crippen LogP contribution in [0.25, 0.3) is 0 Å². The molecule has 0 radical (unpaired) electrons. The van der Waals surface area contributed by atoms with E-state index in [1.807, 2.05) is 0 Å². The van der Waals surface area contributed by atoms with Crippen molar-refractivity contribution in [2.45, 2.75) is 12.3 Å². The Labute approximate surface area is 121 Å². The Morgan fingerprint density at radius 1 is 0.850 bits per heavy atom. The smallest absolute Gasteiger partial charge is 0.0299 e. The van der Waals surface area contributed by atoms with Gasteiger partial charge in [-0.05, 0) is 24.6 Å². The maximum absolute atomic E-state index is 2.41. The van der Waals surface area contributed by atoms with Gasteiger partial charge in [0.1, 0.15) is 0 Å². The van der Waals surface area contributed by atoms with Gasteiger partial charge in [-0.1, -0.05) is 72.3 Å². The lowest BCUT2D eigenvalue weighted by atomic mass is 9.82. The summed E-state index contributed by atoms with van der Waals surface area (Å²) in [6.07, 6.45) is 3.57. The lowest BCUT2D eigenvalue weighted by Gasteiger charge is -2.28. The van der Waals surface area contributed by atoms with Gasteiger partial charge in [-0.3, -0.25) is 0 Å². The first-order valence-electron chi connectivity index (χ1n) is 7.32. The predicted molar refractivity (Wildman–Crippen MR) is 84.9 cm³/mol. The SMILES string of the molecule is CN1CC=C(C(c2ccccc2)c2ccccc2)CC1. The van der Waals surface area contributed by atoms with Gasteiger partial charge in [0.15, 0.2) is 0 Å². The number of benzene rings is 2. The Morgan fingerprint density at radius 3 is 1.85 bits per heavy atom. The minimum Gasteiger partial charge on any atom is -0.302 e. The van der Waals surface area contributed by atoms with Crippen LogP contribution in [0.3, 0.4) is 0 Å². The first-order valence-corrected chi connectivity index (χ1v) is 7.32. The lowest BCUT2D eigenvalue weighted by molar-refractivity contribution is 0.355. The summed E-state index contributed by atoms with van der Waals surface area (Å²) < 4.78 is 0. The second kappa shape index (κ2) is 6.06. The zero-order valence-corrected chi connectivity index (χ0v) is 12.0. The van der Waals surface area contributed by atoms with E-state index in [0.717, 1.165) is 19.5 Å². The zero-order valence-electron chi connectivity index (χ0n) is 12.0. The van der Waals surface area contributed by atoms with Crippen molar-refractivity contribution >= 4 is 0 Å². The molecule has 0 unspecified atom stereocenters. The molecule has 0 fully saturated rings. The standard InChI is InChI=1S/C19H21N/c1-20-14-12-18(13-15-20)19(16-8-4-2-5-9-16)17-10-6-3-7-11-17/h2-12,19H,13-15H2,1H3. The second-order valence-electron chi connectivity index (χ2n) is 5.55. The summed E-state index contributed by atoms with van der Waals surface area (Å²) in [6.45, 7) is 2.22. The van der Waals surface area contributed by atoms with Crippen LogP contribution in [0, 0.1) is 0 Å². The fraction of sp³-hybridized carbons (Fsp3) is 0.263. The highest BCUT2D eigenvalue weighted by Crippen LogP contribution is 2.34. The van der Waals surface area contributed by atoms with Crippen molar-refractivity contribution in [3.8, 4) is 0 Å². The summed E-state index contributed by atoms with van der Waals surface area (Å²) >= 11 is 0. The van der Waals surface area contributed by atoms with Crippen LogP contribution < -0.4 is 0 Å². The van der Waals surface area contributed by atoms with E-state index in [2.05, 4.69) is 78.7 Å².